The molecule has 5 heteroatoms. The van der Waals surface area contributed by atoms with Crippen molar-refractivity contribution in [3.05, 3.63) is 28.2 Å². The maximum atomic E-state index is 6.36. The highest BCUT2D eigenvalue weighted by atomic mass is 35.5. The molecule has 23 heavy (non-hydrogen) atoms. The van der Waals surface area contributed by atoms with Gasteiger partial charge in [0.15, 0.2) is 0 Å². The van der Waals surface area contributed by atoms with Crippen LogP contribution in [0.25, 0.3) is 0 Å². The van der Waals surface area contributed by atoms with E-state index in [-0.39, 0.29) is 0 Å². The molecule has 1 aliphatic carbocycles. The molecule has 3 rings (SSSR count). The average Bonchev–Trinajstić information content (AvgIpc) is 2.59. The SMILES string of the molecule is NC[C@@H]1CCCC[C@H]1CN1CCN(c2cccc(Cl)c2Cl)CC1. The molecule has 1 saturated carbocycles. The van der Waals surface area contributed by atoms with Crippen LogP contribution in [0.3, 0.4) is 0 Å². The number of hydrogen-bond donors (Lipinski definition) is 1. The van der Waals surface area contributed by atoms with Gasteiger partial charge in [0, 0.05) is 32.7 Å². The van der Waals surface area contributed by atoms with E-state index in [4.69, 9.17) is 28.9 Å². The first-order chi connectivity index (χ1) is 11.2. The maximum absolute atomic E-state index is 6.36. The molecule has 2 fully saturated rings. The van der Waals surface area contributed by atoms with Gasteiger partial charge in [-0.2, -0.15) is 0 Å². The Labute approximate surface area is 149 Å². The van der Waals surface area contributed by atoms with Crippen LogP contribution in [0.5, 0.6) is 0 Å². The van der Waals surface area contributed by atoms with Gasteiger partial charge in [-0.1, -0.05) is 42.1 Å². The zero-order chi connectivity index (χ0) is 16.2. The largest absolute Gasteiger partial charge is 0.368 e. The highest BCUT2D eigenvalue weighted by molar-refractivity contribution is 6.43. The van der Waals surface area contributed by atoms with Crippen molar-refractivity contribution in [2.75, 3.05) is 44.2 Å². The second-order valence-corrected chi connectivity index (χ2v) is 7.69. The molecule has 2 aliphatic rings. The fraction of sp³-hybridized carbons (Fsp3) is 0.667. The molecule has 2 atom stereocenters. The lowest BCUT2D eigenvalue weighted by atomic mass is 9.79. The summed E-state index contributed by atoms with van der Waals surface area (Å²) < 4.78 is 0. The molecule has 0 spiro atoms. The monoisotopic (exact) mass is 355 g/mol. The zero-order valence-electron chi connectivity index (χ0n) is 13.7. The highest BCUT2D eigenvalue weighted by Crippen LogP contribution is 2.34. The van der Waals surface area contributed by atoms with Crippen LogP contribution in [0.1, 0.15) is 25.7 Å². The van der Waals surface area contributed by atoms with Crippen molar-refractivity contribution >= 4 is 28.9 Å². The van der Waals surface area contributed by atoms with Gasteiger partial charge in [0.25, 0.3) is 0 Å². The zero-order valence-corrected chi connectivity index (χ0v) is 15.2. The van der Waals surface area contributed by atoms with Crippen LogP contribution in [0, 0.1) is 11.8 Å². The molecule has 1 aliphatic heterocycles. The first-order valence-corrected chi connectivity index (χ1v) is 9.56. The fourth-order valence-electron chi connectivity index (χ4n) is 4.07. The van der Waals surface area contributed by atoms with Crippen LogP contribution in [-0.4, -0.2) is 44.2 Å². The van der Waals surface area contributed by atoms with Crippen LogP contribution >= 0.6 is 23.2 Å². The van der Waals surface area contributed by atoms with Gasteiger partial charge >= 0.3 is 0 Å². The summed E-state index contributed by atoms with van der Waals surface area (Å²) in [6.45, 7) is 6.27. The van der Waals surface area contributed by atoms with E-state index in [1.54, 1.807) is 0 Å². The Hall–Kier alpha value is -0.480. The van der Waals surface area contributed by atoms with E-state index >= 15 is 0 Å². The minimum atomic E-state index is 0.639. The van der Waals surface area contributed by atoms with E-state index in [0.29, 0.717) is 10.0 Å². The molecule has 0 unspecified atom stereocenters. The van der Waals surface area contributed by atoms with Gasteiger partial charge in [-0.15, -0.1) is 0 Å². The average molecular weight is 356 g/mol. The third-order valence-electron chi connectivity index (χ3n) is 5.51. The molecule has 1 aromatic rings. The standard InChI is InChI=1S/C18H27Cl2N3/c19-16-6-3-7-17(18(16)20)23-10-8-22(9-11-23)13-15-5-2-1-4-14(15)12-21/h3,6-7,14-15H,1-2,4-5,8-13,21H2/t14-,15-/m0/s1. The first-order valence-electron chi connectivity index (χ1n) is 8.80. The Morgan fingerprint density at radius 3 is 2.39 bits per heavy atom. The number of nitrogens with two attached hydrogens (primary N) is 1. The predicted molar refractivity (Wildman–Crippen MR) is 99.6 cm³/mol. The summed E-state index contributed by atoms with van der Waals surface area (Å²) >= 11 is 12.5. The molecule has 2 N–H and O–H groups in total. The van der Waals surface area contributed by atoms with Crippen molar-refractivity contribution in [2.24, 2.45) is 17.6 Å². The van der Waals surface area contributed by atoms with Crippen LogP contribution in [-0.2, 0) is 0 Å². The third-order valence-corrected chi connectivity index (χ3v) is 6.32. The lowest BCUT2D eigenvalue weighted by Crippen LogP contribution is -2.49. The summed E-state index contributed by atoms with van der Waals surface area (Å²) in [4.78, 5) is 4.96. The van der Waals surface area contributed by atoms with Crippen LogP contribution in [0.2, 0.25) is 10.0 Å². The molecule has 1 heterocycles. The van der Waals surface area contributed by atoms with Gasteiger partial charge in [-0.3, -0.25) is 4.90 Å². The van der Waals surface area contributed by atoms with Crippen LogP contribution in [0.4, 0.5) is 5.69 Å². The van der Waals surface area contributed by atoms with Crippen molar-refractivity contribution < 1.29 is 0 Å². The summed E-state index contributed by atoms with van der Waals surface area (Å²) in [7, 11) is 0. The van der Waals surface area contributed by atoms with Crippen molar-refractivity contribution in [1.82, 2.24) is 4.90 Å². The number of nitrogens with zero attached hydrogens (tertiary/aromatic N) is 2. The molecule has 0 bridgehead atoms. The summed E-state index contributed by atoms with van der Waals surface area (Å²) in [5, 5.41) is 1.32. The second-order valence-electron chi connectivity index (χ2n) is 6.90. The Morgan fingerprint density at radius 1 is 1.00 bits per heavy atom. The lowest BCUT2D eigenvalue weighted by Gasteiger charge is -2.40. The molecular formula is C18H27Cl2N3. The Bertz CT molecular complexity index is 515. The van der Waals surface area contributed by atoms with Crippen molar-refractivity contribution in [3.8, 4) is 0 Å². The topological polar surface area (TPSA) is 32.5 Å². The van der Waals surface area contributed by atoms with Crippen LogP contribution < -0.4 is 10.6 Å². The molecule has 1 aromatic carbocycles. The number of halogens is 2. The number of piperazine rings is 1. The normalized spacial score (nSPS) is 26.5. The number of hydrogen-bond acceptors (Lipinski definition) is 3. The van der Waals surface area contributed by atoms with E-state index in [1.807, 2.05) is 12.1 Å². The predicted octanol–water partition coefficient (Wildman–Crippen LogP) is 3.88. The summed E-state index contributed by atoms with van der Waals surface area (Å²) in [5.41, 5.74) is 7.04. The quantitative estimate of drug-likeness (QED) is 0.889. The van der Waals surface area contributed by atoms with E-state index < -0.39 is 0 Å². The fourth-order valence-corrected chi connectivity index (χ4v) is 4.49. The number of anilines is 1. The molecule has 0 aromatic heterocycles. The smallest absolute Gasteiger partial charge is 0.0825 e. The first kappa shape index (κ1) is 17.3. The van der Waals surface area contributed by atoms with Gasteiger partial charge in [0.1, 0.15) is 0 Å². The summed E-state index contributed by atoms with van der Waals surface area (Å²) in [6.07, 6.45) is 5.40. The van der Waals surface area contributed by atoms with Gasteiger partial charge in [-0.05, 0) is 43.4 Å². The minimum Gasteiger partial charge on any atom is -0.368 e. The van der Waals surface area contributed by atoms with Crippen molar-refractivity contribution in [1.29, 1.82) is 0 Å². The van der Waals surface area contributed by atoms with Gasteiger partial charge in [0.05, 0.1) is 15.7 Å². The van der Waals surface area contributed by atoms with Crippen molar-refractivity contribution in [2.45, 2.75) is 25.7 Å². The third kappa shape index (κ3) is 4.14. The van der Waals surface area contributed by atoms with E-state index in [1.165, 1.54) is 32.2 Å². The summed E-state index contributed by atoms with van der Waals surface area (Å²) in [5.74, 6) is 1.51. The molecule has 0 radical (unpaired) electrons. The van der Waals surface area contributed by atoms with Crippen LogP contribution in [0.15, 0.2) is 18.2 Å². The molecule has 128 valence electrons. The number of benzene rings is 1. The highest BCUT2D eigenvalue weighted by Gasteiger charge is 2.27. The molecule has 3 nitrogen and oxygen atoms in total. The Kier molecular flexibility index (Phi) is 6.08. The maximum Gasteiger partial charge on any atom is 0.0825 e. The molecule has 1 saturated heterocycles. The van der Waals surface area contributed by atoms with E-state index in [9.17, 15) is 0 Å². The Morgan fingerprint density at radius 2 is 1.70 bits per heavy atom. The Balaban J connectivity index is 1.55. The second kappa shape index (κ2) is 8.06. The van der Waals surface area contributed by atoms with Gasteiger partial charge in [-0.25, -0.2) is 0 Å². The van der Waals surface area contributed by atoms with Gasteiger partial charge in [0.2, 0.25) is 0 Å². The summed E-state index contributed by atoms with van der Waals surface area (Å²) in [6, 6.07) is 5.89. The number of rotatable bonds is 4. The van der Waals surface area contributed by atoms with Crippen molar-refractivity contribution in [3.63, 3.8) is 0 Å². The van der Waals surface area contributed by atoms with E-state index in [2.05, 4.69) is 15.9 Å². The molecule has 0 amide bonds. The molecular weight excluding hydrogens is 329 g/mol. The minimum absolute atomic E-state index is 0.639. The van der Waals surface area contributed by atoms with Gasteiger partial charge < -0.3 is 10.6 Å². The lowest BCUT2D eigenvalue weighted by molar-refractivity contribution is 0.149. The van der Waals surface area contributed by atoms with E-state index in [0.717, 1.165) is 50.2 Å².